The molecule has 13 heavy (non-hydrogen) atoms. The van der Waals surface area contributed by atoms with E-state index in [1.165, 1.54) is 19.2 Å². The number of rotatable bonds is 2. The van der Waals surface area contributed by atoms with Crippen LogP contribution in [0.25, 0.3) is 0 Å². The van der Waals surface area contributed by atoms with Crippen LogP contribution >= 0.6 is 0 Å². The van der Waals surface area contributed by atoms with Crippen LogP contribution in [0.2, 0.25) is 0 Å². The van der Waals surface area contributed by atoms with Gasteiger partial charge in [-0.05, 0) is 6.07 Å². The van der Waals surface area contributed by atoms with E-state index in [1.54, 1.807) is 0 Å². The summed E-state index contributed by atoms with van der Waals surface area (Å²) in [4.78, 5) is 13.6. The van der Waals surface area contributed by atoms with Crippen LogP contribution in [0.3, 0.4) is 0 Å². The Hall–Kier alpha value is -2.09. The zero-order valence-electron chi connectivity index (χ0n) is 6.85. The van der Waals surface area contributed by atoms with Gasteiger partial charge in [0.15, 0.2) is 0 Å². The van der Waals surface area contributed by atoms with Gasteiger partial charge in [0.25, 0.3) is 5.88 Å². The molecule has 1 aromatic heterocycles. The monoisotopic (exact) mass is 178 g/mol. The zero-order valence-corrected chi connectivity index (χ0v) is 6.85. The van der Waals surface area contributed by atoms with E-state index in [4.69, 9.17) is 11.2 Å². The molecule has 66 valence electrons. The first kappa shape index (κ1) is 9.00. The molecule has 0 atom stereocenters. The second-order valence-electron chi connectivity index (χ2n) is 2.13. The maximum absolute atomic E-state index is 10.4. The Kier molecular flexibility index (Phi) is 2.45. The lowest BCUT2D eigenvalue weighted by molar-refractivity contribution is -0.386. The number of nitrogens with zero attached hydrogens (tertiary/aromatic N) is 2. The number of ether oxygens (including phenoxy) is 1. The van der Waals surface area contributed by atoms with E-state index in [0.29, 0.717) is 5.69 Å². The van der Waals surface area contributed by atoms with Crippen molar-refractivity contribution < 1.29 is 9.66 Å². The second kappa shape index (κ2) is 3.54. The molecule has 0 saturated heterocycles. The van der Waals surface area contributed by atoms with Crippen LogP contribution in [0.4, 0.5) is 5.69 Å². The largest absolute Gasteiger partial charge is 0.476 e. The van der Waals surface area contributed by atoms with Crippen LogP contribution in [0.1, 0.15) is 5.69 Å². The fourth-order valence-corrected chi connectivity index (χ4v) is 0.803. The quantitative estimate of drug-likeness (QED) is 0.384. The summed E-state index contributed by atoms with van der Waals surface area (Å²) in [5, 5.41) is 10.4. The van der Waals surface area contributed by atoms with Gasteiger partial charge in [0.05, 0.1) is 12.0 Å². The molecule has 1 heterocycles. The van der Waals surface area contributed by atoms with E-state index < -0.39 is 4.92 Å². The van der Waals surface area contributed by atoms with Gasteiger partial charge >= 0.3 is 5.69 Å². The SMILES string of the molecule is C#Cc1ccc([N+](=O)[O-])c(OC)n1. The Morgan fingerprint density at radius 2 is 2.38 bits per heavy atom. The molecule has 1 rings (SSSR count). The molecule has 0 aliphatic carbocycles. The summed E-state index contributed by atoms with van der Waals surface area (Å²) in [6.07, 6.45) is 5.06. The van der Waals surface area contributed by atoms with Crippen LogP contribution in [0.5, 0.6) is 5.88 Å². The molecule has 1 aromatic rings. The van der Waals surface area contributed by atoms with E-state index in [1.807, 2.05) is 0 Å². The van der Waals surface area contributed by atoms with Crippen molar-refractivity contribution in [1.82, 2.24) is 4.98 Å². The summed E-state index contributed by atoms with van der Waals surface area (Å²) in [5.74, 6) is 2.19. The molecular formula is C8H6N2O3. The predicted molar refractivity (Wildman–Crippen MR) is 45.4 cm³/mol. The van der Waals surface area contributed by atoms with Gasteiger partial charge in [0.2, 0.25) is 0 Å². The third-order valence-electron chi connectivity index (χ3n) is 1.38. The fraction of sp³-hybridized carbons (Fsp3) is 0.125. The van der Waals surface area contributed by atoms with Gasteiger partial charge in [0, 0.05) is 6.07 Å². The minimum Gasteiger partial charge on any atom is -0.476 e. The van der Waals surface area contributed by atoms with Crippen molar-refractivity contribution in [3.05, 3.63) is 27.9 Å². The van der Waals surface area contributed by atoms with Crippen LogP contribution < -0.4 is 4.74 Å². The fourth-order valence-electron chi connectivity index (χ4n) is 0.803. The smallest absolute Gasteiger partial charge is 0.331 e. The summed E-state index contributed by atoms with van der Waals surface area (Å²) in [6, 6.07) is 2.65. The molecule has 0 bridgehead atoms. The lowest BCUT2D eigenvalue weighted by Gasteiger charge is -1.99. The topological polar surface area (TPSA) is 65.3 Å². The van der Waals surface area contributed by atoms with Crippen molar-refractivity contribution in [2.24, 2.45) is 0 Å². The molecule has 0 spiro atoms. The third kappa shape index (κ3) is 1.73. The molecule has 0 fully saturated rings. The Morgan fingerprint density at radius 1 is 1.69 bits per heavy atom. The van der Waals surface area contributed by atoms with Gasteiger partial charge in [0.1, 0.15) is 5.69 Å². The Bertz CT molecular complexity index is 381. The molecule has 0 N–H and O–H groups in total. The number of aromatic nitrogens is 1. The molecule has 5 nitrogen and oxygen atoms in total. The summed E-state index contributed by atoms with van der Waals surface area (Å²) < 4.78 is 4.70. The van der Waals surface area contributed by atoms with Crippen LogP contribution in [-0.2, 0) is 0 Å². The Labute approximate surface area is 74.5 Å². The van der Waals surface area contributed by atoms with Gasteiger partial charge in [-0.2, -0.15) is 4.98 Å². The number of pyridine rings is 1. The van der Waals surface area contributed by atoms with Crippen LogP contribution in [-0.4, -0.2) is 17.0 Å². The highest BCUT2D eigenvalue weighted by Gasteiger charge is 2.15. The van der Waals surface area contributed by atoms with E-state index >= 15 is 0 Å². The zero-order chi connectivity index (χ0) is 9.84. The van der Waals surface area contributed by atoms with Gasteiger partial charge in [-0.15, -0.1) is 6.42 Å². The first-order chi connectivity index (χ1) is 6.19. The highest BCUT2D eigenvalue weighted by atomic mass is 16.6. The summed E-state index contributed by atoms with van der Waals surface area (Å²) in [7, 11) is 1.30. The predicted octanol–water partition coefficient (Wildman–Crippen LogP) is 0.980. The molecule has 0 aliphatic heterocycles. The van der Waals surface area contributed by atoms with Gasteiger partial charge in [-0.3, -0.25) is 10.1 Å². The maximum Gasteiger partial charge on any atom is 0.331 e. The molecule has 0 aliphatic rings. The van der Waals surface area contributed by atoms with Crippen LogP contribution in [0.15, 0.2) is 12.1 Å². The minimum absolute atomic E-state index is 0.0690. The van der Waals surface area contributed by atoms with Gasteiger partial charge in [-0.1, -0.05) is 5.92 Å². The molecule has 0 unspecified atom stereocenters. The van der Waals surface area contributed by atoms with Crippen molar-refractivity contribution in [2.45, 2.75) is 0 Å². The van der Waals surface area contributed by atoms with Gasteiger partial charge in [-0.25, -0.2) is 0 Å². The molecule has 5 heteroatoms. The van der Waals surface area contributed by atoms with Crippen molar-refractivity contribution >= 4 is 5.69 Å². The Balaban J connectivity index is 3.25. The van der Waals surface area contributed by atoms with E-state index in [-0.39, 0.29) is 11.6 Å². The van der Waals surface area contributed by atoms with Gasteiger partial charge < -0.3 is 4.74 Å². The first-order valence-corrected chi connectivity index (χ1v) is 3.35. The maximum atomic E-state index is 10.4. The van der Waals surface area contributed by atoms with Crippen molar-refractivity contribution in [3.8, 4) is 18.2 Å². The third-order valence-corrected chi connectivity index (χ3v) is 1.38. The molecule has 0 saturated carbocycles. The molecule has 0 amide bonds. The summed E-state index contributed by atoms with van der Waals surface area (Å²) >= 11 is 0. The summed E-state index contributed by atoms with van der Waals surface area (Å²) in [5.41, 5.74) is 0.115. The van der Waals surface area contributed by atoms with Crippen molar-refractivity contribution in [2.75, 3.05) is 7.11 Å². The highest BCUT2D eigenvalue weighted by Crippen LogP contribution is 2.23. The van der Waals surface area contributed by atoms with E-state index in [9.17, 15) is 10.1 Å². The number of nitro groups is 1. The normalized spacial score (nSPS) is 8.92. The number of methoxy groups -OCH3 is 1. The minimum atomic E-state index is -0.577. The highest BCUT2D eigenvalue weighted by molar-refractivity contribution is 5.44. The summed E-state index contributed by atoms with van der Waals surface area (Å²) in [6.45, 7) is 0. The number of terminal acetylenes is 1. The lowest BCUT2D eigenvalue weighted by Crippen LogP contribution is -1.97. The first-order valence-electron chi connectivity index (χ1n) is 3.35. The van der Waals surface area contributed by atoms with Crippen molar-refractivity contribution in [1.29, 1.82) is 0 Å². The Morgan fingerprint density at radius 3 is 2.85 bits per heavy atom. The average Bonchev–Trinajstić information content (AvgIpc) is 2.16. The standard InChI is InChI=1S/C8H6N2O3/c1-3-6-4-5-7(10(11)12)8(9-6)13-2/h1,4-5H,2H3. The second-order valence-corrected chi connectivity index (χ2v) is 2.13. The average molecular weight is 178 g/mol. The van der Waals surface area contributed by atoms with Crippen LogP contribution in [0, 0.1) is 22.5 Å². The molecule has 0 aromatic carbocycles. The molecule has 0 radical (unpaired) electrons. The number of hydrogen-bond acceptors (Lipinski definition) is 4. The van der Waals surface area contributed by atoms with Crippen molar-refractivity contribution in [3.63, 3.8) is 0 Å². The lowest BCUT2D eigenvalue weighted by atomic mass is 10.3. The number of hydrogen-bond donors (Lipinski definition) is 0. The van der Waals surface area contributed by atoms with E-state index in [0.717, 1.165) is 0 Å². The molecular weight excluding hydrogens is 172 g/mol. The van der Waals surface area contributed by atoms with E-state index in [2.05, 4.69) is 10.9 Å².